The molecule has 0 heterocycles. The molecule has 12 nitrogen and oxygen atoms in total. The normalized spacial score (nSPS) is 11.7. The number of hydrogen-bond acceptors (Lipinski definition) is 8. The first-order valence-electron chi connectivity index (χ1n) is 13.0. The van der Waals surface area contributed by atoms with Crippen LogP contribution in [0.5, 0.6) is 11.5 Å². The summed E-state index contributed by atoms with van der Waals surface area (Å²) >= 11 is 0. The molecule has 1 atom stereocenters. The minimum Gasteiger partial charge on any atom is -0.497 e. The van der Waals surface area contributed by atoms with E-state index in [0.717, 1.165) is 10.4 Å². The number of carbonyl (C=O) groups excluding carboxylic acids is 2. The molecular weight excluding hydrogens is 564 g/mol. The molecule has 13 heteroatoms. The number of ether oxygens (including phenoxy) is 2. The van der Waals surface area contributed by atoms with Gasteiger partial charge in [-0.3, -0.25) is 24.0 Å². The predicted octanol–water partition coefficient (Wildman–Crippen LogP) is 3.67. The largest absolute Gasteiger partial charge is 0.497 e. The number of nitro benzene ring substituents is 1. The summed E-state index contributed by atoms with van der Waals surface area (Å²) in [6.45, 7) is 2.55. The Morgan fingerprint density at radius 2 is 1.67 bits per heavy atom. The zero-order chi connectivity index (χ0) is 31.0. The monoisotopic (exact) mass is 598 g/mol. The number of anilines is 1. The Balaban J connectivity index is 2.12. The van der Waals surface area contributed by atoms with Gasteiger partial charge < -0.3 is 19.7 Å². The van der Waals surface area contributed by atoms with Crippen LogP contribution in [0.25, 0.3) is 0 Å². The SMILES string of the molecule is CC[C@H](C(=O)NC)N(Cc1cccc(OC)c1)C(=O)CN(c1ccc(OC)cc1)S(=O)(=O)c1ccc(C)c([N+](=O)[O-])c1. The van der Waals surface area contributed by atoms with Crippen LogP contribution >= 0.6 is 0 Å². The van der Waals surface area contributed by atoms with Gasteiger partial charge in [0.1, 0.15) is 24.1 Å². The number of benzene rings is 3. The third kappa shape index (κ3) is 7.16. The van der Waals surface area contributed by atoms with Crippen molar-refractivity contribution in [3.63, 3.8) is 0 Å². The number of nitrogens with zero attached hydrogens (tertiary/aromatic N) is 3. The lowest BCUT2D eigenvalue weighted by Gasteiger charge is -2.33. The molecule has 0 saturated carbocycles. The van der Waals surface area contributed by atoms with Crippen LogP contribution in [0.15, 0.2) is 71.6 Å². The number of sulfonamides is 1. The second kappa shape index (κ2) is 13.8. The van der Waals surface area contributed by atoms with Gasteiger partial charge in [-0.2, -0.15) is 0 Å². The fraction of sp³-hybridized carbons (Fsp3) is 0.310. The van der Waals surface area contributed by atoms with Crippen LogP contribution in [0.2, 0.25) is 0 Å². The maximum atomic E-state index is 14.0. The van der Waals surface area contributed by atoms with Gasteiger partial charge in [0.25, 0.3) is 15.7 Å². The summed E-state index contributed by atoms with van der Waals surface area (Å²) < 4.78 is 39.4. The van der Waals surface area contributed by atoms with E-state index in [4.69, 9.17) is 9.47 Å². The molecule has 0 unspecified atom stereocenters. The van der Waals surface area contributed by atoms with E-state index in [1.54, 1.807) is 31.2 Å². The topological polar surface area (TPSA) is 148 Å². The highest BCUT2D eigenvalue weighted by molar-refractivity contribution is 7.92. The molecule has 0 radical (unpaired) electrons. The first-order chi connectivity index (χ1) is 20.0. The summed E-state index contributed by atoms with van der Waals surface area (Å²) in [4.78, 5) is 38.7. The van der Waals surface area contributed by atoms with Gasteiger partial charge in [0.15, 0.2) is 0 Å². The fourth-order valence-corrected chi connectivity index (χ4v) is 5.84. The molecule has 3 aromatic rings. The lowest BCUT2D eigenvalue weighted by atomic mass is 10.1. The van der Waals surface area contributed by atoms with Crippen molar-refractivity contribution in [2.45, 2.75) is 37.8 Å². The molecular formula is C29H34N4O8S. The lowest BCUT2D eigenvalue weighted by Crippen LogP contribution is -2.51. The van der Waals surface area contributed by atoms with Crippen LogP contribution in [-0.2, 0) is 26.2 Å². The first kappa shape index (κ1) is 31.9. The zero-order valence-corrected chi connectivity index (χ0v) is 24.9. The Morgan fingerprint density at radius 3 is 2.24 bits per heavy atom. The third-order valence-electron chi connectivity index (χ3n) is 6.72. The van der Waals surface area contributed by atoms with Crippen molar-refractivity contribution in [2.24, 2.45) is 0 Å². The second-order valence-electron chi connectivity index (χ2n) is 9.33. The number of hydrogen-bond donors (Lipinski definition) is 1. The summed E-state index contributed by atoms with van der Waals surface area (Å²) in [6.07, 6.45) is 0.259. The van der Waals surface area contributed by atoms with Crippen LogP contribution in [0, 0.1) is 17.0 Å². The number of nitro groups is 1. The Bertz CT molecular complexity index is 1540. The van der Waals surface area contributed by atoms with Gasteiger partial charge in [0, 0.05) is 25.2 Å². The summed E-state index contributed by atoms with van der Waals surface area (Å²) in [6, 6.07) is 15.6. The molecule has 0 bridgehead atoms. The Hall–Kier alpha value is -4.65. The van der Waals surface area contributed by atoms with Gasteiger partial charge in [-0.1, -0.05) is 25.1 Å². The van der Waals surface area contributed by atoms with Crippen LogP contribution in [0.4, 0.5) is 11.4 Å². The van der Waals surface area contributed by atoms with Crippen LogP contribution in [0.1, 0.15) is 24.5 Å². The van der Waals surface area contributed by atoms with Crippen molar-refractivity contribution in [3.05, 3.63) is 88.0 Å². The molecule has 3 aromatic carbocycles. The average Bonchev–Trinajstić information content (AvgIpc) is 2.99. The van der Waals surface area contributed by atoms with E-state index in [2.05, 4.69) is 5.32 Å². The highest BCUT2D eigenvalue weighted by atomic mass is 32.2. The molecule has 2 amide bonds. The second-order valence-corrected chi connectivity index (χ2v) is 11.2. The number of nitrogens with one attached hydrogen (secondary N) is 1. The fourth-order valence-electron chi connectivity index (χ4n) is 4.40. The van der Waals surface area contributed by atoms with Gasteiger partial charge in [-0.15, -0.1) is 0 Å². The molecule has 0 aromatic heterocycles. The maximum absolute atomic E-state index is 14.0. The quantitative estimate of drug-likeness (QED) is 0.231. The Kier molecular flexibility index (Phi) is 10.5. The standard InChI is InChI=1S/C29H34N4O8S/c1-6-26(29(35)30-3)31(18-21-8-7-9-24(16-21)41-5)28(34)19-32(22-11-13-23(40-4)14-12-22)42(38,39)25-15-10-20(2)27(17-25)33(36)37/h7-17,26H,6,18-19H2,1-5H3,(H,30,35)/t26-/m1/s1. The van der Waals surface area contributed by atoms with Gasteiger partial charge in [-0.05, 0) is 61.4 Å². The number of likely N-dealkylation sites (N-methyl/N-ethyl adjacent to an activating group) is 1. The molecule has 0 aliphatic rings. The molecule has 0 aliphatic heterocycles. The highest BCUT2D eigenvalue weighted by Gasteiger charge is 2.34. The van der Waals surface area contributed by atoms with Crippen LogP contribution in [-0.4, -0.2) is 63.9 Å². The molecule has 0 spiro atoms. The highest BCUT2D eigenvalue weighted by Crippen LogP contribution is 2.29. The smallest absolute Gasteiger partial charge is 0.273 e. The van der Waals surface area contributed by atoms with Gasteiger partial charge >= 0.3 is 0 Å². The van der Waals surface area contributed by atoms with E-state index in [1.807, 2.05) is 0 Å². The lowest BCUT2D eigenvalue weighted by molar-refractivity contribution is -0.385. The van der Waals surface area contributed by atoms with Crippen molar-refractivity contribution in [2.75, 3.05) is 32.1 Å². The van der Waals surface area contributed by atoms with E-state index in [9.17, 15) is 28.1 Å². The van der Waals surface area contributed by atoms with Crippen molar-refractivity contribution in [1.82, 2.24) is 10.2 Å². The minimum atomic E-state index is -4.50. The molecule has 224 valence electrons. The molecule has 0 fully saturated rings. The van der Waals surface area contributed by atoms with Crippen molar-refractivity contribution < 1.29 is 32.4 Å². The van der Waals surface area contributed by atoms with E-state index in [0.29, 0.717) is 17.1 Å². The third-order valence-corrected chi connectivity index (χ3v) is 8.49. The van der Waals surface area contributed by atoms with E-state index in [-0.39, 0.29) is 34.8 Å². The number of methoxy groups -OCH3 is 2. The van der Waals surface area contributed by atoms with Crippen LogP contribution in [0.3, 0.4) is 0 Å². The Labute approximate surface area is 245 Å². The van der Waals surface area contributed by atoms with Crippen molar-refractivity contribution in [1.29, 1.82) is 0 Å². The van der Waals surface area contributed by atoms with E-state index < -0.39 is 39.3 Å². The summed E-state index contributed by atoms with van der Waals surface area (Å²) in [5.74, 6) is -0.0639. The number of rotatable bonds is 13. The van der Waals surface area contributed by atoms with Gasteiger partial charge in [0.2, 0.25) is 11.8 Å². The van der Waals surface area contributed by atoms with Crippen molar-refractivity contribution >= 4 is 33.2 Å². The Morgan fingerprint density at radius 1 is 1.00 bits per heavy atom. The van der Waals surface area contributed by atoms with Crippen molar-refractivity contribution in [3.8, 4) is 11.5 Å². The minimum absolute atomic E-state index is 0.00549. The first-order valence-corrected chi connectivity index (χ1v) is 14.5. The number of amides is 2. The van der Waals surface area contributed by atoms with Crippen LogP contribution < -0.4 is 19.1 Å². The molecule has 0 aliphatic carbocycles. The summed E-state index contributed by atoms with van der Waals surface area (Å²) in [7, 11) is -0.0755. The van der Waals surface area contributed by atoms with E-state index >= 15 is 0 Å². The molecule has 0 saturated heterocycles. The van der Waals surface area contributed by atoms with E-state index in [1.165, 1.54) is 69.5 Å². The summed E-state index contributed by atoms with van der Waals surface area (Å²) in [5.41, 5.74) is 0.703. The van der Waals surface area contributed by atoms with Gasteiger partial charge in [0.05, 0.1) is 29.7 Å². The molecule has 42 heavy (non-hydrogen) atoms. The maximum Gasteiger partial charge on any atom is 0.273 e. The zero-order valence-electron chi connectivity index (χ0n) is 24.1. The summed E-state index contributed by atoms with van der Waals surface area (Å²) in [5, 5.41) is 14.1. The number of aryl methyl sites for hydroxylation is 1. The molecule has 1 N–H and O–H groups in total. The van der Waals surface area contributed by atoms with Gasteiger partial charge in [-0.25, -0.2) is 8.42 Å². The predicted molar refractivity (Wildman–Crippen MR) is 157 cm³/mol. The average molecular weight is 599 g/mol. The number of carbonyl (C=O) groups is 2. The molecule has 3 rings (SSSR count).